The molecule has 2 amide bonds. The summed E-state index contributed by atoms with van der Waals surface area (Å²) < 4.78 is 11.3. The molecule has 0 bridgehead atoms. The van der Waals surface area contributed by atoms with Gasteiger partial charge in [-0.05, 0) is 42.3 Å². The van der Waals surface area contributed by atoms with Crippen LogP contribution in [0.3, 0.4) is 0 Å². The van der Waals surface area contributed by atoms with Gasteiger partial charge >= 0.3 is 0 Å². The van der Waals surface area contributed by atoms with E-state index in [9.17, 15) is 9.59 Å². The van der Waals surface area contributed by atoms with Crippen LogP contribution in [0.15, 0.2) is 72.8 Å². The molecule has 6 nitrogen and oxygen atoms in total. The molecular formula is C25H23ClN2O4. The van der Waals surface area contributed by atoms with E-state index in [1.807, 2.05) is 36.4 Å². The van der Waals surface area contributed by atoms with Crippen molar-refractivity contribution in [2.24, 2.45) is 0 Å². The maximum Gasteiger partial charge on any atom is 0.262 e. The van der Waals surface area contributed by atoms with Crippen molar-refractivity contribution < 1.29 is 19.1 Å². The average Bonchev–Trinajstić information content (AvgIpc) is 2.83. The van der Waals surface area contributed by atoms with E-state index in [-0.39, 0.29) is 18.4 Å². The van der Waals surface area contributed by atoms with Gasteiger partial charge in [-0.3, -0.25) is 9.59 Å². The van der Waals surface area contributed by atoms with Crippen LogP contribution in [-0.2, 0) is 11.2 Å². The minimum atomic E-state index is -0.838. The standard InChI is InChI=1S/C25H23ClN2O4/c1-31-21-12-11-18(26)15-19(21)25(30)28-16-23(32-22-10-6-5-9-20(22)28)24(29)27-14-13-17-7-3-2-4-8-17/h2-12,15,23H,13-14,16H2,1H3,(H,27,29)/t23-/m0/s1. The molecule has 0 radical (unpaired) electrons. The van der Waals surface area contributed by atoms with Crippen LogP contribution in [0, 0.1) is 0 Å². The molecule has 1 aliphatic heterocycles. The van der Waals surface area contributed by atoms with Gasteiger partial charge in [0.2, 0.25) is 0 Å². The summed E-state index contributed by atoms with van der Waals surface area (Å²) in [7, 11) is 1.50. The lowest BCUT2D eigenvalue weighted by atomic mass is 10.1. The number of nitrogens with one attached hydrogen (secondary N) is 1. The van der Waals surface area contributed by atoms with Crippen molar-refractivity contribution in [3.8, 4) is 11.5 Å². The van der Waals surface area contributed by atoms with Gasteiger partial charge in [-0.25, -0.2) is 0 Å². The van der Waals surface area contributed by atoms with Gasteiger partial charge in [0.25, 0.3) is 11.8 Å². The van der Waals surface area contributed by atoms with Crippen LogP contribution in [0.1, 0.15) is 15.9 Å². The van der Waals surface area contributed by atoms with E-state index >= 15 is 0 Å². The first-order chi connectivity index (χ1) is 15.6. The Morgan fingerprint density at radius 2 is 1.84 bits per heavy atom. The quantitative estimate of drug-likeness (QED) is 0.613. The molecule has 3 aromatic rings. The molecule has 0 fully saturated rings. The topological polar surface area (TPSA) is 67.9 Å². The van der Waals surface area contributed by atoms with E-state index in [0.29, 0.717) is 40.7 Å². The molecule has 1 atom stereocenters. The zero-order chi connectivity index (χ0) is 22.5. The number of fused-ring (bicyclic) bond motifs is 1. The maximum atomic E-state index is 13.5. The molecule has 32 heavy (non-hydrogen) atoms. The monoisotopic (exact) mass is 450 g/mol. The van der Waals surface area contributed by atoms with E-state index in [1.54, 1.807) is 36.4 Å². The van der Waals surface area contributed by atoms with Crippen molar-refractivity contribution in [3.63, 3.8) is 0 Å². The zero-order valence-electron chi connectivity index (χ0n) is 17.6. The molecule has 4 rings (SSSR count). The predicted octanol–water partition coefficient (Wildman–Crippen LogP) is 4.12. The van der Waals surface area contributed by atoms with Gasteiger partial charge in [-0.15, -0.1) is 0 Å². The molecule has 0 spiro atoms. The molecule has 0 saturated carbocycles. The van der Waals surface area contributed by atoms with Gasteiger partial charge in [-0.2, -0.15) is 0 Å². The number of para-hydroxylation sites is 2. The summed E-state index contributed by atoms with van der Waals surface area (Å²) in [4.78, 5) is 27.9. The molecule has 164 valence electrons. The van der Waals surface area contributed by atoms with E-state index in [1.165, 1.54) is 12.0 Å². The van der Waals surface area contributed by atoms with Crippen molar-refractivity contribution in [1.82, 2.24) is 5.32 Å². The first-order valence-corrected chi connectivity index (χ1v) is 10.7. The third-order valence-electron chi connectivity index (χ3n) is 5.26. The number of hydrogen-bond donors (Lipinski definition) is 1. The molecule has 0 aromatic heterocycles. The maximum absolute atomic E-state index is 13.5. The SMILES string of the molecule is COc1ccc(Cl)cc1C(=O)N1C[C@@H](C(=O)NCCc2ccccc2)Oc2ccccc21. The number of hydrogen-bond acceptors (Lipinski definition) is 4. The summed E-state index contributed by atoms with van der Waals surface area (Å²) in [5.41, 5.74) is 2.04. The number of carbonyl (C=O) groups is 2. The van der Waals surface area contributed by atoms with Gasteiger partial charge in [0.1, 0.15) is 11.5 Å². The van der Waals surface area contributed by atoms with Crippen molar-refractivity contribution in [3.05, 3.63) is 88.9 Å². The highest BCUT2D eigenvalue weighted by molar-refractivity contribution is 6.31. The highest BCUT2D eigenvalue weighted by Gasteiger charge is 2.35. The smallest absolute Gasteiger partial charge is 0.262 e. The third-order valence-corrected chi connectivity index (χ3v) is 5.49. The highest BCUT2D eigenvalue weighted by Crippen LogP contribution is 2.35. The fourth-order valence-electron chi connectivity index (χ4n) is 3.64. The number of carbonyl (C=O) groups excluding carboxylic acids is 2. The van der Waals surface area contributed by atoms with Gasteiger partial charge in [0.15, 0.2) is 6.10 Å². The van der Waals surface area contributed by atoms with Crippen LogP contribution >= 0.6 is 11.6 Å². The Balaban J connectivity index is 1.53. The van der Waals surface area contributed by atoms with E-state index < -0.39 is 6.10 Å². The van der Waals surface area contributed by atoms with Crippen LogP contribution in [0.2, 0.25) is 5.02 Å². The van der Waals surface area contributed by atoms with E-state index in [4.69, 9.17) is 21.1 Å². The summed E-state index contributed by atoms with van der Waals surface area (Å²) >= 11 is 6.13. The summed E-state index contributed by atoms with van der Waals surface area (Å²) in [6, 6.07) is 21.9. The van der Waals surface area contributed by atoms with Gasteiger partial charge in [-0.1, -0.05) is 54.1 Å². The Morgan fingerprint density at radius 3 is 2.62 bits per heavy atom. The largest absolute Gasteiger partial charge is 0.496 e. The molecule has 1 heterocycles. The fourth-order valence-corrected chi connectivity index (χ4v) is 3.82. The minimum absolute atomic E-state index is 0.0721. The lowest BCUT2D eigenvalue weighted by Gasteiger charge is -2.34. The second kappa shape index (κ2) is 9.75. The Kier molecular flexibility index (Phi) is 6.61. The molecular weight excluding hydrogens is 428 g/mol. The fraction of sp³-hybridized carbons (Fsp3) is 0.200. The number of methoxy groups -OCH3 is 1. The first kappa shape index (κ1) is 21.7. The first-order valence-electron chi connectivity index (χ1n) is 10.3. The van der Waals surface area contributed by atoms with Gasteiger partial charge < -0.3 is 19.7 Å². The molecule has 0 aliphatic carbocycles. The summed E-state index contributed by atoms with van der Waals surface area (Å²) in [6.45, 7) is 0.545. The summed E-state index contributed by atoms with van der Waals surface area (Å²) in [5, 5.41) is 3.34. The van der Waals surface area contributed by atoms with Crippen molar-refractivity contribution in [1.29, 1.82) is 0 Å². The van der Waals surface area contributed by atoms with Gasteiger partial charge in [0, 0.05) is 11.6 Å². The Hall–Kier alpha value is -3.51. The second-order valence-electron chi connectivity index (χ2n) is 7.36. The Bertz CT molecular complexity index is 1120. The lowest BCUT2D eigenvalue weighted by Crippen LogP contribution is -2.51. The molecule has 1 N–H and O–H groups in total. The zero-order valence-corrected chi connectivity index (χ0v) is 18.3. The molecule has 3 aromatic carbocycles. The Labute approximate surface area is 191 Å². The van der Waals surface area contributed by atoms with Crippen LogP contribution in [0.5, 0.6) is 11.5 Å². The number of halogens is 1. The predicted molar refractivity (Wildman–Crippen MR) is 124 cm³/mol. The third kappa shape index (κ3) is 4.70. The second-order valence-corrected chi connectivity index (χ2v) is 7.80. The summed E-state index contributed by atoms with van der Waals surface area (Å²) in [6.07, 6.45) is -0.132. The molecule has 0 saturated heterocycles. The van der Waals surface area contributed by atoms with Crippen LogP contribution in [0.4, 0.5) is 5.69 Å². The minimum Gasteiger partial charge on any atom is -0.496 e. The number of ether oxygens (including phenoxy) is 2. The van der Waals surface area contributed by atoms with Crippen LogP contribution in [0.25, 0.3) is 0 Å². The number of benzene rings is 3. The average molecular weight is 451 g/mol. The number of rotatable bonds is 6. The van der Waals surface area contributed by atoms with E-state index in [2.05, 4.69) is 5.32 Å². The highest BCUT2D eigenvalue weighted by atomic mass is 35.5. The molecule has 0 unspecified atom stereocenters. The number of nitrogens with zero attached hydrogens (tertiary/aromatic N) is 1. The van der Waals surface area contributed by atoms with Crippen molar-refractivity contribution >= 4 is 29.1 Å². The normalized spacial score (nSPS) is 14.8. The van der Waals surface area contributed by atoms with Crippen LogP contribution < -0.4 is 19.7 Å². The number of anilines is 1. The number of amides is 2. The van der Waals surface area contributed by atoms with Crippen molar-refractivity contribution in [2.45, 2.75) is 12.5 Å². The van der Waals surface area contributed by atoms with Crippen LogP contribution in [-0.4, -0.2) is 38.1 Å². The molecule has 1 aliphatic rings. The molecule has 7 heteroatoms. The van der Waals surface area contributed by atoms with Crippen molar-refractivity contribution in [2.75, 3.05) is 25.1 Å². The lowest BCUT2D eigenvalue weighted by molar-refractivity contribution is -0.127. The summed E-state index contributed by atoms with van der Waals surface area (Å²) in [5.74, 6) is 0.289. The Morgan fingerprint density at radius 1 is 1.09 bits per heavy atom. The van der Waals surface area contributed by atoms with Gasteiger partial charge in [0.05, 0.1) is 24.9 Å². The van der Waals surface area contributed by atoms with E-state index in [0.717, 1.165) is 5.56 Å².